The van der Waals surface area contributed by atoms with E-state index in [2.05, 4.69) is 15.5 Å². The summed E-state index contributed by atoms with van der Waals surface area (Å²) in [5.41, 5.74) is 0.586. The summed E-state index contributed by atoms with van der Waals surface area (Å²) in [4.78, 5) is 12.2. The van der Waals surface area contributed by atoms with Gasteiger partial charge < -0.3 is 4.74 Å². The maximum Gasteiger partial charge on any atom is 0.250 e. The second-order valence-corrected chi connectivity index (χ2v) is 9.52. The molecule has 0 aliphatic carbocycles. The van der Waals surface area contributed by atoms with Gasteiger partial charge in [-0.15, -0.1) is 10.2 Å². The van der Waals surface area contributed by atoms with Crippen molar-refractivity contribution < 1.29 is 17.9 Å². The Bertz CT molecular complexity index is 995. The van der Waals surface area contributed by atoms with Gasteiger partial charge in [-0.05, 0) is 43.0 Å². The van der Waals surface area contributed by atoms with Crippen LogP contribution in [0.4, 0.5) is 5.13 Å². The first-order valence-corrected chi connectivity index (χ1v) is 11.7. The fourth-order valence-corrected chi connectivity index (χ4v) is 5.40. The third-order valence-electron chi connectivity index (χ3n) is 4.55. The van der Waals surface area contributed by atoms with Crippen molar-refractivity contribution in [2.45, 2.75) is 37.5 Å². The van der Waals surface area contributed by atoms with Crippen LogP contribution in [-0.4, -0.2) is 49.0 Å². The Hall–Kier alpha value is -2.30. The van der Waals surface area contributed by atoms with Crippen LogP contribution in [0.5, 0.6) is 5.75 Å². The SMILES string of the molecule is CCc1nnc(NC(=O)/C=C/c2ccc(OC)c(S(=O)(=O)N3CCCCC3)c2)s1. The number of hydrogen-bond donors (Lipinski definition) is 1. The summed E-state index contributed by atoms with van der Waals surface area (Å²) < 4.78 is 32.9. The van der Waals surface area contributed by atoms with E-state index < -0.39 is 10.0 Å². The molecule has 29 heavy (non-hydrogen) atoms. The van der Waals surface area contributed by atoms with Crippen molar-refractivity contribution in [3.8, 4) is 5.75 Å². The summed E-state index contributed by atoms with van der Waals surface area (Å²) in [5, 5.41) is 11.8. The summed E-state index contributed by atoms with van der Waals surface area (Å²) in [6.07, 6.45) is 6.40. The molecule has 0 unspecified atom stereocenters. The lowest BCUT2D eigenvalue weighted by molar-refractivity contribution is -0.111. The minimum atomic E-state index is -3.66. The standard InChI is InChI=1S/C19H24N4O4S2/c1-3-18-21-22-19(28-18)20-17(24)10-8-14-7-9-15(27-2)16(13-14)29(25,26)23-11-5-4-6-12-23/h7-10,13H,3-6,11-12H2,1-2H3,(H,20,22,24)/b10-8+. The van der Waals surface area contributed by atoms with Gasteiger partial charge in [-0.3, -0.25) is 10.1 Å². The average molecular weight is 437 g/mol. The van der Waals surface area contributed by atoms with Crippen molar-refractivity contribution in [3.63, 3.8) is 0 Å². The number of piperidine rings is 1. The number of ether oxygens (including phenoxy) is 1. The number of carbonyl (C=O) groups excluding carboxylic acids is 1. The van der Waals surface area contributed by atoms with Crippen LogP contribution in [0.2, 0.25) is 0 Å². The number of aryl methyl sites for hydroxylation is 1. The Balaban J connectivity index is 1.78. The molecule has 0 saturated carbocycles. The summed E-state index contributed by atoms with van der Waals surface area (Å²) >= 11 is 1.32. The van der Waals surface area contributed by atoms with Crippen molar-refractivity contribution in [2.75, 3.05) is 25.5 Å². The van der Waals surface area contributed by atoms with Crippen LogP contribution in [0, 0.1) is 0 Å². The molecule has 1 aliphatic heterocycles. The molecule has 156 valence electrons. The van der Waals surface area contributed by atoms with Crippen LogP contribution >= 0.6 is 11.3 Å². The minimum absolute atomic E-state index is 0.112. The van der Waals surface area contributed by atoms with Gasteiger partial charge in [-0.1, -0.05) is 30.7 Å². The Morgan fingerprint density at radius 1 is 1.28 bits per heavy atom. The molecule has 3 rings (SSSR count). The minimum Gasteiger partial charge on any atom is -0.495 e. The smallest absolute Gasteiger partial charge is 0.250 e. The molecule has 1 saturated heterocycles. The molecular weight excluding hydrogens is 412 g/mol. The fraction of sp³-hybridized carbons (Fsp3) is 0.421. The second kappa shape index (κ2) is 9.47. The van der Waals surface area contributed by atoms with Crippen LogP contribution in [0.3, 0.4) is 0 Å². The second-order valence-electron chi connectivity index (χ2n) is 6.55. The maximum absolute atomic E-state index is 13.1. The Labute approximate surface area is 174 Å². The van der Waals surface area contributed by atoms with Crippen molar-refractivity contribution in [2.24, 2.45) is 0 Å². The average Bonchev–Trinajstić information content (AvgIpc) is 3.20. The number of methoxy groups -OCH3 is 1. The van der Waals surface area contributed by atoms with E-state index in [0.717, 1.165) is 30.7 Å². The van der Waals surface area contributed by atoms with Gasteiger partial charge in [0.2, 0.25) is 21.1 Å². The first-order valence-electron chi connectivity index (χ1n) is 9.43. The number of rotatable bonds is 7. The van der Waals surface area contributed by atoms with E-state index in [4.69, 9.17) is 4.74 Å². The number of anilines is 1. The van der Waals surface area contributed by atoms with Crippen LogP contribution in [0.1, 0.15) is 36.8 Å². The van der Waals surface area contributed by atoms with E-state index in [1.54, 1.807) is 18.2 Å². The van der Waals surface area contributed by atoms with Crippen LogP contribution in [0.15, 0.2) is 29.2 Å². The third-order valence-corrected chi connectivity index (χ3v) is 7.45. The molecule has 0 atom stereocenters. The lowest BCUT2D eigenvalue weighted by Gasteiger charge is -2.26. The van der Waals surface area contributed by atoms with Crippen molar-refractivity contribution in [1.82, 2.24) is 14.5 Å². The lowest BCUT2D eigenvalue weighted by Crippen LogP contribution is -2.35. The Morgan fingerprint density at radius 3 is 2.69 bits per heavy atom. The monoisotopic (exact) mass is 436 g/mol. The van der Waals surface area contributed by atoms with Gasteiger partial charge in [-0.25, -0.2) is 8.42 Å². The quantitative estimate of drug-likeness (QED) is 0.670. The molecule has 1 aromatic carbocycles. The molecular formula is C19H24N4O4S2. The molecule has 1 aromatic heterocycles. The van der Waals surface area contributed by atoms with Gasteiger partial charge in [0.1, 0.15) is 15.7 Å². The Kier molecular flexibility index (Phi) is 6.99. The number of carbonyl (C=O) groups is 1. The Morgan fingerprint density at radius 2 is 2.03 bits per heavy atom. The van der Waals surface area contributed by atoms with E-state index in [9.17, 15) is 13.2 Å². The highest BCUT2D eigenvalue weighted by Crippen LogP contribution is 2.30. The highest BCUT2D eigenvalue weighted by Gasteiger charge is 2.29. The summed E-state index contributed by atoms with van der Waals surface area (Å²) in [7, 11) is -2.21. The first-order chi connectivity index (χ1) is 13.9. The topological polar surface area (TPSA) is 101 Å². The normalized spacial score (nSPS) is 15.5. The number of nitrogens with one attached hydrogen (secondary N) is 1. The van der Waals surface area contributed by atoms with E-state index in [-0.39, 0.29) is 16.6 Å². The van der Waals surface area contributed by atoms with Gasteiger partial charge >= 0.3 is 0 Å². The summed E-state index contributed by atoms with van der Waals surface area (Å²) in [6, 6.07) is 4.84. The van der Waals surface area contributed by atoms with Crippen LogP contribution < -0.4 is 10.1 Å². The van der Waals surface area contributed by atoms with Gasteiger partial charge in [-0.2, -0.15) is 4.31 Å². The highest BCUT2D eigenvalue weighted by atomic mass is 32.2. The maximum atomic E-state index is 13.1. The molecule has 2 aromatic rings. The zero-order valence-electron chi connectivity index (χ0n) is 16.4. The number of sulfonamides is 1. The molecule has 1 amide bonds. The summed E-state index contributed by atoms with van der Waals surface area (Å²) in [6.45, 7) is 2.98. The van der Waals surface area contributed by atoms with E-state index in [1.807, 2.05) is 6.92 Å². The van der Waals surface area contributed by atoms with E-state index >= 15 is 0 Å². The van der Waals surface area contributed by atoms with Gasteiger partial charge in [0.15, 0.2) is 0 Å². The molecule has 1 aliphatic rings. The molecule has 10 heteroatoms. The van der Waals surface area contributed by atoms with Gasteiger partial charge in [0.05, 0.1) is 7.11 Å². The fourth-order valence-electron chi connectivity index (χ4n) is 3.01. The van der Waals surface area contributed by atoms with Crippen molar-refractivity contribution >= 4 is 38.5 Å². The molecule has 2 heterocycles. The van der Waals surface area contributed by atoms with Gasteiger partial charge in [0.25, 0.3) is 0 Å². The van der Waals surface area contributed by atoms with Crippen molar-refractivity contribution in [3.05, 3.63) is 34.8 Å². The highest BCUT2D eigenvalue weighted by molar-refractivity contribution is 7.89. The largest absolute Gasteiger partial charge is 0.495 e. The molecule has 0 radical (unpaired) electrons. The molecule has 0 spiro atoms. The number of aromatic nitrogens is 2. The predicted molar refractivity (Wildman–Crippen MR) is 113 cm³/mol. The lowest BCUT2D eigenvalue weighted by atomic mass is 10.2. The van der Waals surface area contributed by atoms with Crippen LogP contribution in [-0.2, 0) is 21.2 Å². The van der Waals surface area contributed by atoms with Crippen molar-refractivity contribution in [1.29, 1.82) is 0 Å². The summed E-state index contributed by atoms with van der Waals surface area (Å²) in [5.74, 6) is -0.0711. The van der Waals surface area contributed by atoms with E-state index in [0.29, 0.717) is 23.8 Å². The zero-order chi connectivity index (χ0) is 20.9. The number of amides is 1. The molecule has 0 bridgehead atoms. The number of hydrogen-bond acceptors (Lipinski definition) is 7. The zero-order valence-corrected chi connectivity index (χ0v) is 18.1. The third kappa shape index (κ3) is 5.20. The predicted octanol–water partition coefficient (Wildman–Crippen LogP) is 2.94. The van der Waals surface area contributed by atoms with Crippen LogP contribution in [0.25, 0.3) is 6.08 Å². The number of nitrogens with zero attached hydrogens (tertiary/aromatic N) is 3. The molecule has 8 nitrogen and oxygen atoms in total. The first kappa shape index (κ1) is 21.4. The van der Waals surface area contributed by atoms with E-state index in [1.165, 1.54) is 34.9 Å². The molecule has 1 fully saturated rings. The molecule has 1 N–H and O–H groups in total. The van der Waals surface area contributed by atoms with Gasteiger partial charge in [0, 0.05) is 19.2 Å². The number of benzene rings is 1.